The molecule has 1 aromatic carbocycles. The molecule has 0 aliphatic rings. The fourth-order valence-corrected chi connectivity index (χ4v) is 2.29. The lowest BCUT2D eigenvalue weighted by Crippen LogP contribution is -2.27. The van der Waals surface area contributed by atoms with E-state index in [-0.39, 0.29) is 0 Å². The zero-order valence-electron chi connectivity index (χ0n) is 10.3. The second-order valence-corrected chi connectivity index (χ2v) is 4.77. The van der Waals surface area contributed by atoms with Gasteiger partial charge < -0.3 is 10.6 Å². The van der Waals surface area contributed by atoms with E-state index in [1.165, 1.54) is 16.8 Å². The molecule has 0 amide bonds. The van der Waals surface area contributed by atoms with Crippen LogP contribution >= 0.6 is 23.2 Å². The Morgan fingerprint density at radius 2 is 1.82 bits per heavy atom. The fourth-order valence-electron chi connectivity index (χ4n) is 1.89. The predicted octanol–water partition coefficient (Wildman–Crippen LogP) is 2.78. The van der Waals surface area contributed by atoms with Crippen LogP contribution in [0.3, 0.4) is 0 Å². The van der Waals surface area contributed by atoms with Gasteiger partial charge in [-0.05, 0) is 43.1 Å². The molecule has 4 heteroatoms. The van der Waals surface area contributed by atoms with Gasteiger partial charge in [-0.1, -0.05) is 6.07 Å². The molecule has 0 saturated carbocycles. The van der Waals surface area contributed by atoms with Crippen LogP contribution in [0.2, 0.25) is 0 Å². The standard InChI is InChI=1S/C13H20Cl2N2/c1-11-10-13(3-2-12(11)4-7-16)17(8-5-14)9-6-15/h2-3,10H,4-9,16H2,1H3. The van der Waals surface area contributed by atoms with Crippen molar-refractivity contribution in [1.82, 2.24) is 0 Å². The van der Waals surface area contributed by atoms with Gasteiger partial charge in [-0.3, -0.25) is 0 Å². The van der Waals surface area contributed by atoms with Crippen molar-refractivity contribution < 1.29 is 0 Å². The summed E-state index contributed by atoms with van der Waals surface area (Å²) in [5.41, 5.74) is 9.35. The Kier molecular flexibility index (Phi) is 6.71. The third-order valence-electron chi connectivity index (χ3n) is 2.81. The maximum atomic E-state index is 5.80. The number of rotatable bonds is 7. The summed E-state index contributed by atoms with van der Waals surface area (Å²) in [5, 5.41) is 0. The van der Waals surface area contributed by atoms with Crippen molar-refractivity contribution in [2.45, 2.75) is 13.3 Å². The number of aryl methyl sites for hydroxylation is 1. The molecule has 1 aromatic rings. The number of nitrogens with zero attached hydrogens (tertiary/aromatic N) is 1. The van der Waals surface area contributed by atoms with Crippen molar-refractivity contribution in [3.8, 4) is 0 Å². The number of alkyl halides is 2. The summed E-state index contributed by atoms with van der Waals surface area (Å²) >= 11 is 11.6. The zero-order valence-corrected chi connectivity index (χ0v) is 11.8. The zero-order chi connectivity index (χ0) is 12.7. The molecule has 1 rings (SSSR count). The van der Waals surface area contributed by atoms with E-state index in [9.17, 15) is 0 Å². The number of anilines is 1. The highest BCUT2D eigenvalue weighted by Gasteiger charge is 2.07. The van der Waals surface area contributed by atoms with E-state index in [4.69, 9.17) is 28.9 Å². The van der Waals surface area contributed by atoms with Crippen LogP contribution in [-0.4, -0.2) is 31.4 Å². The van der Waals surface area contributed by atoms with E-state index in [0.29, 0.717) is 18.3 Å². The van der Waals surface area contributed by atoms with Gasteiger partial charge in [-0.25, -0.2) is 0 Å². The molecule has 0 aromatic heterocycles. The van der Waals surface area contributed by atoms with Crippen molar-refractivity contribution in [3.05, 3.63) is 29.3 Å². The van der Waals surface area contributed by atoms with Crippen molar-refractivity contribution >= 4 is 28.9 Å². The van der Waals surface area contributed by atoms with Crippen LogP contribution in [0.15, 0.2) is 18.2 Å². The maximum absolute atomic E-state index is 5.80. The third-order valence-corrected chi connectivity index (χ3v) is 3.15. The molecule has 0 aliphatic carbocycles. The van der Waals surface area contributed by atoms with Crippen LogP contribution in [0.1, 0.15) is 11.1 Å². The van der Waals surface area contributed by atoms with Crippen LogP contribution < -0.4 is 10.6 Å². The molecule has 17 heavy (non-hydrogen) atoms. The second-order valence-electron chi connectivity index (χ2n) is 4.01. The Hall–Kier alpha value is -0.440. The molecule has 96 valence electrons. The first-order valence-corrected chi connectivity index (χ1v) is 6.96. The predicted molar refractivity (Wildman–Crippen MR) is 77.6 cm³/mol. The lowest BCUT2D eigenvalue weighted by atomic mass is 10.0. The van der Waals surface area contributed by atoms with Gasteiger partial charge in [0.05, 0.1) is 0 Å². The molecular weight excluding hydrogens is 255 g/mol. The van der Waals surface area contributed by atoms with Crippen LogP contribution in [0.5, 0.6) is 0 Å². The summed E-state index contributed by atoms with van der Waals surface area (Å²) in [4.78, 5) is 2.21. The first-order valence-electron chi connectivity index (χ1n) is 5.89. The number of benzene rings is 1. The normalized spacial score (nSPS) is 10.6. The Balaban J connectivity index is 2.85. The van der Waals surface area contributed by atoms with Gasteiger partial charge >= 0.3 is 0 Å². The third kappa shape index (κ3) is 4.38. The maximum Gasteiger partial charge on any atom is 0.0399 e. The smallest absolute Gasteiger partial charge is 0.0399 e. The molecule has 2 N–H and O–H groups in total. The summed E-state index contributed by atoms with van der Waals surface area (Å²) < 4.78 is 0. The molecule has 0 bridgehead atoms. The topological polar surface area (TPSA) is 29.3 Å². The summed E-state index contributed by atoms with van der Waals surface area (Å²) in [5.74, 6) is 1.22. The monoisotopic (exact) mass is 274 g/mol. The van der Waals surface area contributed by atoms with Gasteiger partial charge in [0, 0.05) is 30.5 Å². The molecule has 0 unspecified atom stereocenters. The lowest BCUT2D eigenvalue weighted by Gasteiger charge is -2.23. The molecule has 0 aliphatic heterocycles. The highest BCUT2D eigenvalue weighted by Crippen LogP contribution is 2.19. The number of halogens is 2. The average molecular weight is 275 g/mol. The summed E-state index contributed by atoms with van der Waals surface area (Å²) in [6.45, 7) is 4.45. The van der Waals surface area contributed by atoms with E-state index < -0.39 is 0 Å². The minimum absolute atomic E-state index is 0.612. The molecule has 0 saturated heterocycles. The lowest BCUT2D eigenvalue weighted by molar-refractivity contribution is 0.870. The van der Waals surface area contributed by atoms with Gasteiger partial charge in [0.25, 0.3) is 0 Å². The SMILES string of the molecule is Cc1cc(N(CCCl)CCCl)ccc1CCN. The fraction of sp³-hybridized carbons (Fsp3) is 0.538. The van der Waals surface area contributed by atoms with Crippen LogP contribution in [0, 0.1) is 6.92 Å². The van der Waals surface area contributed by atoms with E-state index in [1.54, 1.807) is 0 Å². The van der Waals surface area contributed by atoms with Crippen LogP contribution in [0.25, 0.3) is 0 Å². The minimum atomic E-state index is 0.612. The average Bonchev–Trinajstić information content (AvgIpc) is 2.32. The molecule has 2 nitrogen and oxygen atoms in total. The highest BCUT2D eigenvalue weighted by molar-refractivity contribution is 6.18. The van der Waals surface area contributed by atoms with Crippen molar-refractivity contribution in [1.29, 1.82) is 0 Å². The molecule has 0 radical (unpaired) electrons. The van der Waals surface area contributed by atoms with Gasteiger partial charge in [0.2, 0.25) is 0 Å². The minimum Gasteiger partial charge on any atom is -0.369 e. The number of nitrogens with two attached hydrogens (primary N) is 1. The Bertz CT molecular complexity index is 336. The van der Waals surface area contributed by atoms with E-state index >= 15 is 0 Å². The molecule has 0 fully saturated rings. The largest absolute Gasteiger partial charge is 0.369 e. The summed E-state index contributed by atoms with van der Waals surface area (Å²) in [7, 11) is 0. The van der Waals surface area contributed by atoms with Crippen molar-refractivity contribution in [2.24, 2.45) is 5.73 Å². The van der Waals surface area contributed by atoms with Crippen molar-refractivity contribution in [3.63, 3.8) is 0 Å². The number of hydrogen-bond donors (Lipinski definition) is 1. The molecular formula is C13H20Cl2N2. The van der Waals surface area contributed by atoms with Crippen LogP contribution in [0.4, 0.5) is 5.69 Å². The van der Waals surface area contributed by atoms with Crippen LogP contribution in [-0.2, 0) is 6.42 Å². The quantitative estimate of drug-likeness (QED) is 0.775. The first-order chi connectivity index (χ1) is 8.22. The van der Waals surface area contributed by atoms with Gasteiger partial charge in [0.1, 0.15) is 0 Å². The van der Waals surface area contributed by atoms with E-state index in [1.807, 2.05) is 0 Å². The molecule has 0 heterocycles. The van der Waals surface area contributed by atoms with Crippen molar-refractivity contribution in [2.75, 3.05) is 36.3 Å². The second kappa shape index (κ2) is 7.80. The number of hydrogen-bond acceptors (Lipinski definition) is 2. The van der Waals surface area contributed by atoms with Gasteiger partial charge in [0.15, 0.2) is 0 Å². The first kappa shape index (κ1) is 14.6. The van der Waals surface area contributed by atoms with Gasteiger partial charge in [-0.2, -0.15) is 0 Å². The summed E-state index contributed by atoms with van der Waals surface area (Å²) in [6, 6.07) is 6.45. The van der Waals surface area contributed by atoms with Gasteiger partial charge in [-0.15, -0.1) is 23.2 Å². The Morgan fingerprint density at radius 1 is 1.18 bits per heavy atom. The molecule has 0 atom stereocenters. The Labute approximate surface area is 114 Å². The highest BCUT2D eigenvalue weighted by atomic mass is 35.5. The van der Waals surface area contributed by atoms with E-state index in [2.05, 4.69) is 30.0 Å². The van der Waals surface area contributed by atoms with E-state index in [0.717, 1.165) is 19.5 Å². The molecule has 0 spiro atoms. The Morgan fingerprint density at radius 3 is 2.29 bits per heavy atom. The summed E-state index contributed by atoms with van der Waals surface area (Å²) in [6.07, 6.45) is 0.928.